The van der Waals surface area contributed by atoms with Crippen LogP contribution < -0.4 is 10.8 Å². The van der Waals surface area contributed by atoms with E-state index >= 15 is 0 Å². The summed E-state index contributed by atoms with van der Waals surface area (Å²) in [5.74, 6) is -0.179. The van der Waals surface area contributed by atoms with Gasteiger partial charge in [-0.05, 0) is 26.2 Å². The van der Waals surface area contributed by atoms with Gasteiger partial charge >= 0.3 is 5.97 Å². The Balaban J connectivity index is 1.68. The molecule has 3 rings (SSSR count). The molecular formula is C16H24N4O5. The Morgan fingerprint density at radius 2 is 2.32 bits per heavy atom. The smallest absolute Gasteiger partial charge is 0.305 e. The van der Waals surface area contributed by atoms with Gasteiger partial charge in [-0.1, -0.05) is 0 Å². The van der Waals surface area contributed by atoms with Crippen molar-refractivity contribution in [3.05, 3.63) is 17.2 Å². The van der Waals surface area contributed by atoms with Gasteiger partial charge < -0.3 is 24.6 Å². The molecule has 0 aromatic carbocycles. The quantitative estimate of drug-likeness (QED) is 0.631. The number of aromatic nitrogens is 2. The summed E-state index contributed by atoms with van der Waals surface area (Å²) in [4.78, 5) is 21.8. The molecule has 138 valence electrons. The summed E-state index contributed by atoms with van der Waals surface area (Å²) in [6.07, 6.45) is 3.65. The minimum absolute atomic E-state index is 0.00382. The molecule has 0 radical (unpaired) electrons. The molecule has 2 atom stereocenters. The fraction of sp³-hybridized carbons (Fsp3) is 0.688. The Morgan fingerprint density at radius 1 is 1.48 bits per heavy atom. The van der Waals surface area contributed by atoms with Crippen LogP contribution in [0.3, 0.4) is 0 Å². The molecule has 0 aliphatic carbocycles. The molecule has 1 saturated heterocycles. The van der Waals surface area contributed by atoms with E-state index < -0.39 is 0 Å². The van der Waals surface area contributed by atoms with Crippen LogP contribution in [-0.4, -0.2) is 63.2 Å². The molecule has 1 aromatic rings. The van der Waals surface area contributed by atoms with Crippen molar-refractivity contribution in [2.24, 2.45) is 4.99 Å². The van der Waals surface area contributed by atoms with Gasteiger partial charge in [0, 0.05) is 13.0 Å². The molecule has 9 heteroatoms. The Labute approximate surface area is 145 Å². The van der Waals surface area contributed by atoms with Gasteiger partial charge in [0.1, 0.15) is 12.9 Å². The average molecular weight is 352 g/mol. The van der Waals surface area contributed by atoms with E-state index in [0.29, 0.717) is 43.5 Å². The number of aliphatic hydroxyl groups is 2. The summed E-state index contributed by atoms with van der Waals surface area (Å²) < 4.78 is 12.5. The van der Waals surface area contributed by atoms with E-state index in [1.807, 2.05) is 0 Å². The Morgan fingerprint density at radius 3 is 3.04 bits per heavy atom. The van der Waals surface area contributed by atoms with Crippen molar-refractivity contribution in [3.63, 3.8) is 0 Å². The second kappa shape index (κ2) is 7.83. The summed E-state index contributed by atoms with van der Waals surface area (Å²) in [6, 6.07) is 0. The van der Waals surface area contributed by atoms with Gasteiger partial charge in [-0.3, -0.25) is 9.36 Å². The van der Waals surface area contributed by atoms with Crippen LogP contribution in [0.5, 0.6) is 0 Å². The number of esters is 1. The lowest BCUT2D eigenvalue weighted by atomic mass is 10.2. The molecule has 1 aromatic heterocycles. The third-order valence-corrected chi connectivity index (χ3v) is 4.38. The Kier molecular flexibility index (Phi) is 5.54. The van der Waals surface area contributed by atoms with E-state index in [2.05, 4.69) is 9.98 Å². The number of fused-ring (bicyclic) bond motifs is 1. The zero-order valence-corrected chi connectivity index (χ0v) is 14.3. The van der Waals surface area contributed by atoms with Gasteiger partial charge in [-0.25, -0.2) is 9.98 Å². The van der Waals surface area contributed by atoms with Crippen molar-refractivity contribution < 1.29 is 24.5 Å². The molecule has 2 aliphatic rings. The SMILES string of the molecule is CCOC(=O)CCCN1CN=c2c(ncn2[C@H]2CC[C@@H](CO)O2)=C1O. The van der Waals surface area contributed by atoms with Crippen molar-refractivity contribution in [1.82, 2.24) is 14.5 Å². The molecular weight excluding hydrogens is 328 g/mol. The lowest BCUT2D eigenvalue weighted by molar-refractivity contribution is -0.143. The number of carbonyl (C=O) groups excluding carboxylic acids is 1. The number of rotatable bonds is 7. The molecule has 2 aliphatic heterocycles. The summed E-state index contributed by atoms with van der Waals surface area (Å²) in [6.45, 7) is 2.93. The van der Waals surface area contributed by atoms with Crippen LogP contribution in [0.25, 0.3) is 5.88 Å². The summed E-state index contributed by atoms with van der Waals surface area (Å²) in [7, 11) is 0. The van der Waals surface area contributed by atoms with Gasteiger partial charge in [0.05, 0.1) is 25.6 Å². The molecule has 0 spiro atoms. The number of aliphatic hydroxyl groups excluding tert-OH is 2. The maximum absolute atomic E-state index is 11.4. The number of ether oxygens (including phenoxy) is 2. The maximum atomic E-state index is 11.4. The largest absolute Gasteiger partial charge is 0.493 e. The van der Waals surface area contributed by atoms with Crippen LogP contribution in [0.2, 0.25) is 0 Å². The van der Waals surface area contributed by atoms with Crippen LogP contribution in [0.15, 0.2) is 11.3 Å². The summed E-state index contributed by atoms with van der Waals surface area (Å²) >= 11 is 0. The molecule has 0 unspecified atom stereocenters. The van der Waals surface area contributed by atoms with Crippen molar-refractivity contribution in [3.8, 4) is 0 Å². The average Bonchev–Trinajstić information content (AvgIpc) is 3.23. The van der Waals surface area contributed by atoms with Crippen LogP contribution in [-0.2, 0) is 14.3 Å². The summed E-state index contributed by atoms with van der Waals surface area (Å²) in [5, 5.41) is 20.1. The van der Waals surface area contributed by atoms with Crippen molar-refractivity contribution >= 4 is 11.9 Å². The number of hydrogen-bond acceptors (Lipinski definition) is 8. The summed E-state index contributed by atoms with van der Waals surface area (Å²) in [5.41, 5.74) is 0.586. The van der Waals surface area contributed by atoms with E-state index in [0.717, 1.165) is 12.8 Å². The van der Waals surface area contributed by atoms with E-state index in [-0.39, 0.29) is 30.8 Å². The molecule has 2 N–H and O–H groups in total. The second-order valence-corrected chi connectivity index (χ2v) is 6.09. The van der Waals surface area contributed by atoms with Crippen LogP contribution in [0.4, 0.5) is 0 Å². The van der Waals surface area contributed by atoms with Crippen LogP contribution in [0.1, 0.15) is 38.8 Å². The molecule has 3 heterocycles. The molecule has 0 saturated carbocycles. The highest BCUT2D eigenvalue weighted by Crippen LogP contribution is 2.26. The fourth-order valence-corrected chi connectivity index (χ4v) is 3.10. The first-order valence-corrected chi connectivity index (χ1v) is 8.61. The Bertz CT molecular complexity index is 731. The van der Waals surface area contributed by atoms with Crippen LogP contribution >= 0.6 is 0 Å². The predicted octanol–water partition coefficient (Wildman–Crippen LogP) is -0.587. The van der Waals surface area contributed by atoms with Gasteiger partial charge in [0.25, 0.3) is 0 Å². The zero-order chi connectivity index (χ0) is 17.8. The van der Waals surface area contributed by atoms with E-state index in [1.165, 1.54) is 0 Å². The Hall–Kier alpha value is -2.13. The topological polar surface area (TPSA) is 109 Å². The van der Waals surface area contributed by atoms with Crippen molar-refractivity contribution in [2.75, 3.05) is 26.4 Å². The van der Waals surface area contributed by atoms with E-state index in [4.69, 9.17) is 9.47 Å². The monoisotopic (exact) mass is 352 g/mol. The number of hydrogen-bond donors (Lipinski definition) is 2. The predicted molar refractivity (Wildman–Crippen MR) is 86.7 cm³/mol. The first-order chi connectivity index (χ1) is 12.1. The van der Waals surface area contributed by atoms with Crippen molar-refractivity contribution in [1.29, 1.82) is 0 Å². The van der Waals surface area contributed by atoms with E-state index in [1.54, 1.807) is 22.7 Å². The minimum atomic E-state index is -0.238. The lowest BCUT2D eigenvalue weighted by Crippen LogP contribution is -2.44. The van der Waals surface area contributed by atoms with Crippen LogP contribution in [0, 0.1) is 0 Å². The fourth-order valence-electron chi connectivity index (χ4n) is 3.10. The third-order valence-electron chi connectivity index (χ3n) is 4.38. The second-order valence-electron chi connectivity index (χ2n) is 6.09. The molecule has 25 heavy (non-hydrogen) atoms. The molecule has 1 fully saturated rings. The number of nitrogens with zero attached hydrogens (tertiary/aromatic N) is 4. The third kappa shape index (κ3) is 3.77. The number of imidazole rings is 1. The first kappa shape index (κ1) is 17.7. The maximum Gasteiger partial charge on any atom is 0.305 e. The highest BCUT2D eigenvalue weighted by atomic mass is 16.5. The highest BCUT2D eigenvalue weighted by Gasteiger charge is 2.28. The molecule has 0 bridgehead atoms. The van der Waals surface area contributed by atoms with Crippen molar-refractivity contribution in [2.45, 2.75) is 44.9 Å². The van der Waals surface area contributed by atoms with Gasteiger partial charge in [0.2, 0.25) is 5.88 Å². The van der Waals surface area contributed by atoms with Gasteiger partial charge in [-0.15, -0.1) is 0 Å². The van der Waals surface area contributed by atoms with E-state index in [9.17, 15) is 15.0 Å². The first-order valence-electron chi connectivity index (χ1n) is 8.61. The standard InChI is InChI=1S/C16H24N4O5/c1-2-24-13(22)4-3-7-19-9-18-15-14(16(19)23)17-10-20(15)12-6-5-11(8-21)25-12/h10-12,21,23H,2-9H2,1H3/t11-,12+/m0/s1. The lowest BCUT2D eigenvalue weighted by Gasteiger charge is -2.23. The zero-order valence-electron chi connectivity index (χ0n) is 14.3. The normalized spacial score (nSPS) is 22.6. The number of carbonyl (C=O) groups is 1. The molecule has 9 nitrogen and oxygen atoms in total. The van der Waals surface area contributed by atoms with Gasteiger partial charge in [0.15, 0.2) is 10.8 Å². The van der Waals surface area contributed by atoms with Gasteiger partial charge in [-0.2, -0.15) is 0 Å². The highest BCUT2D eigenvalue weighted by molar-refractivity contribution is 5.69. The molecule has 0 amide bonds. The minimum Gasteiger partial charge on any atom is -0.493 e.